The van der Waals surface area contributed by atoms with Gasteiger partial charge in [0.15, 0.2) is 0 Å². The molecule has 0 radical (unpaired) electrons. The van der Waals surface area contributed by atoms with E-state index in [0.717, 1.165) is 6.42 Å². The molecule has 1 aliphatic rings. The first-order valence-corrected chi connectivity index (χ1v) is 14.3. The molecule has 0 unspecified atom stereocenters. The van der Waals surface area contributed by atoms with Crippen molar-refractivity contribution in [3.63, 3.8) is 0 Å². The number of aliphatic carboxylic acids is 4. The van der Waals surface area contributed by atoms with Gasteiger partial charge in [0, 0.05) is 60.5 Å². The Hall–Kier alpha value is -5.91. The number of fused-ring (bicyclic) bond motifs is 1. The van der Waals surface area contributed by atoms with Crippen LogP contribution < -0.4 is 20.7 Å². The van der Waals surface area contributed by atoms with Crippen molar-refractivity contribution in [2.75, 3.05) is 37.4 Å². The lowest BCUT2D eigenvalue weighted by Gasteiger charge is -2.17. The van der Waals surface area contributed by atoms with E-state index in [0.29, 0.717) is 77.9 Å². The zero-order valence-electron chi connectivity index (χ0n) is 25.6. The third kappa shape index (κ3) is 15.0. The number of rotatable bonds is 12. The number of carbonyl (C=O) groups is 5. The van der Waals surface area contributed by atoms with Crippen LogP contribution in [0.4, 0.5) is 21.6 Å². The Morgan fingerprint density at radius 3 is 2.12 bits per heavy atom. The quantitative estimate of drug-likeness (QED) is 0.133. The van der Waals surface area contributed by atoms with Crippen LogP contribution in [-0.2, 0) is 28.7 Å². The third-order valence-corrected chi connectivity index (χ3v) is 5.98. The van der Waals surface area contributed by atoms with E-state index in [1.807, 2.05) is 0 Å². The number of amides is 1. The van der Waals surface area contributed by atoms with Gasteiger partial charge in [-0.15, -0.1) is 0 Å². The molecule has 0 aliphatic carbocycles. The molecule has 16 nitrogen and oxygen atoms in total. The summed E-state index contributed by atoms with van der Waals surface area (Å²) in [6.45, 7) is 1.68. The molecule has 260 valence electrons. The van der Waals surface area contributed by atoms with Crippen LogP contribution in [0.25, 0.3) is 10.9 Å². The number of aromatic nitrogens is 2. The SMILES string of the molecule is CNC/C=C/C(=O)Nc1cc2c(Nc3ccc(F)c(Cl)c3)ncnc2cc1O[C@H]1CCOC1.O=C(O)/C=C\C(=O)O.O=C(O)/C=C\C(=O)O. The number of ether oxygens (including phenoxy) is 2. The molecule has 0 bridgehead atoms. The van der Waals surface area contributed by atoms with Gasteiger partial charge < -0.3 is 45.9 Å². The van der Waals surface area contributed by atoms with Gasteiger partial charge in [0.2, 0.25) is 5.91 Å². The second-order valence-corrected chi connectivity index (χ2v) is 9.82. The first-order chi connectivity index (χ1) is 23.3. The Kier molecular flexibility index (Phi) is 16.3. The van der Waals surface area contributed by atoms with Gasteiger partial charge in [0.05, 0.1) is 29.4 Å². The standard InChI is InChI=1S/C23H23ClFN5O3.2C4H4O4/c1-26-7-2-3-22(31)30-20-10-16-19(11-21(20)33-15-6-8-32-12-15)27-13-28-23(16)29-14-4-5-18(25)17(24)9-14;2*5-3(6)1-2-4(7)8/h2-5,9-11,13,15,26H,6-8,12H2,1H3,(H,30,31)(H,27,28,29);2*1-2H,(H,5,6)(H,7,8)/b3-2+;2*2-1-/t15-;;/m0../s1. The fraction of sp³-hybridized carbons (Fsp3) is 0.194. The topological polar surface area (TPSA) is 247 Å². The normalized spacial score (nSPS) is 13.7. The summed E-state index contributed by atoms with van der Waals surface area (Å²) >= 11 is 5.90. The van der Waals surface area contributed by atoms with Gasteiger partial charge in [-0.3, -0.25) is 4.79 Å². The molecule has 1 aliphatic heterocycles. The van der Waals surface area contributed by atoms with E-state index in [1.165, 1.54) is 24.5 Å². The Labute approximate surface area is 282 Å². The zero-order valence-corrected chi connectivity index (χ0v) is 26.4. The minimum absolute atomic E-state index is 0.00543. The number of nitrogens with zero attached hydrogens (tertiary/aromatic N) is 2. The van der Waals surface area contributed by atoms with Gasteiger partial charge in [-0.1, -0.05) is 17.7 Å². The molecule has 1 amide bonds. The Bertz CT molecular complexity index is 1680. The summed E-state index contributed by atoms with van der Waals surface area (Å²) in [7, 11) is 1.80. The van der Waals surface area contributed by atoms with Crippen LogP contribution in [0.1, 0.15) is 6.42 Å². The monoisotopic (exact) mass is 703 g/mol. The van der Waals surface area contributed by atoms with Crippen LogP contribution in [0.15, 0.2) is 73.1 Å². The van der Waals surface area contributed by atoms with Gasteiger partial charge in [0.1, 0.15) is 29.8 Å². The summed E-state index contributed by atoms with van der Waals surface area (Å²) in [6.07, 6.45) is 7.46. The predicted octanol–water partition coefficient (Wildman–Crippen LogP) is 3.47. The molecule has 4 rings (SSSR count). The van der Waals surface area contributed by atoms with Crippen LogP contribution in [0.3, 0.4) is 0 Å². The molecule has 1 saturated heterocycles. The Morgan fingerprint density at radius 1 is 0.959 bits per heavy atom. The fourth-order valence-electron chi connectivity index (χ4n) is 3.62. The van der Waals surface area contributed by atoms with Crippen LogP contribution in [0, 0.1) is 5.82 Å². The van der Waals surface area contributed by atoms with Gasteiger partial charge in [-0.2, -0.15) is 0 Å². The summed E-state index contributed by atoms with van der Waals surface area (Å²) in [5.41, 5.74) is 1.65. The van der Waals surface area contributed by atoms with Gasteiger partial charge in [-0.25, -0.2) is 33.5 Å². The Balaban J connectivity index is 0.000000432. The number of carboxylic acid groups (broad SMARTS) is 4. The summed E-state index contributed by atoms with van der Waals surface area (Å²) in [5, 5.41) is 40.8. The highest BCUT2D eigenvalue weighted by molar-refractivity contribution is 6.31. The second kappa shape index (κ2) is 20.4. The van der Waals surface area contributed by atoms with Gasteiger partial charge in [-0.05, 0) is 31.3 Å². The highest BCUT2D eigenvalue weighted by Gasteiger charge is 2.21. The molecule has 0 spiro atoms. The maximum Gasteiger partial charge on any atom is 0.328 e. The summed E-state index contributed by atoms with van der Waals surface area (Å²) in [5.74, 6) is -4.88. The van der Waals surface area contributed by atoms with Crippen molar-refractivity contribution in [3.8, 4) is 5.75 Å². The number of benzene rings is 2. The number of likely N-dealkylation sites (N-methyl/N-ethyl adjacent to an activating group) is 1. The van der Waals surface area contributed by atoms with Crippen LogP contribution in [0.2, 0.25) is 5.02 Å². The van der Waals surface area contributed by atoms with Gasteiger partial charge >= 0.3 is 23.9 Å². The molecule has 1 atom stereocenters. The first-order valence-electron chi connectivity index (χ1n) is 13.9. The van der Waals surface area contributed by atoms with E-state index < -0.39 is 29.7 Å². The molecule has 2 heterocycles. The summed E-state index contributed by atoms with van der Waals surface area (Å²) < 4.78 is 25.0. The number of halogens is 2. The number of hydrogen-bond acceptors (Lipinski definition) is 11. The number of nitrogens with one attached hydrogen (secondary N) is 3. The predicted molar refractivity (Wildman–Crippen MR) is 175 cm³/mol. The minimum atomic E-state index is -1.26. The Morgan fingerprint density at radius 2 is 1.59 bits per heavy atom. The average Bonchev–Trinajstić information content (AvgIpc) is 3.55. The van der Waals surface area contributed by atoms with Crippen molar-refractivity contribution in [2.45, 2.75) is 12.5 Å². The van der Waals surface area contributed by atoms with Crippen molar-refractivity contribution in [3.05, 3.63) is 84.0 Å². The minimum Gasteiger partial charge on any atom is -0.486 e. The molecule has 1 aromatic heterocycles. The first kappa shape index (κ1) is 39.3. The highest BCUT2D eigenvalue weighted by atomic mass is 35.5. The van der Waals surface area contributed by atoms with Crippen LogP contribution in [-0.4, -0.2) is 93.1 Å². The summed E-state index contributed by atoms with van der Waals surface area (Å²) in [6, 6.07) is 7.80. The number of carboxylic acids is 4. The van der Waals surface area contributed by atoms with E-state index in [4.69, 9.17) is 41.5 Å². The molecular formula is C31H31ClFN5O11. The van der Waals surface area contributed by atoms with Crippen molar-refractivity contribution < 1.29 is 58.3 Å². The average molecular weight is 704 g/mol. The maximum atomic E-state index is 13.5. The molecule has 3 aromatic rings. The van der Waals surface area contributed by atoms with E-state index in [9.17, 15) is 28.4 Å². The summed E-state index contributed by atoms with van der Waals surface area (Å²) in [4.78, 5) is 59.3. The van der Waals surface area contributed by atoms with E-state index in [1.54, 1.807) is 31.3 Å². The van der Waals surface area contributed by atoms with E-state index >= 15 is 0 Å². The number of carbonyl (C=O) groups excluding carboxylic acids is 1. The lowest BCUT2D eigenvalue weighted by Crippen LogP contribution is -2.18. The molecule has 2 aromatic carbocycles. The number of anilines is 3. The highest BCUT2D eigenvalue weighted by Crippen LogP contribution is 2.35. The largest absolute Gasteiger partial charge is 0.486 e. The van der Waals surface area contributed by atoms with E-state index in [-0.39, 0.29) is 17.0 Å². The van der Waals surface area contributed by atoms with E-state index in [2.05, 4.69) is 25.9 Å². The number of hydrogen-bond donors (Lipinski definition) is 7. The lowest BCUT2D eigenvalue weighted by atomic mass is 10.1. The zero-order chi connectivity index (χ0) is 36.3. The molecule has 1 fully saturated rings. The second-order valence-electron chi connectivity index (χ2n) is 9.41. The van der Waals surface area contributed by atoms with Crippen LogP contribution >= 0.6 is 11.6 Å². The van der Waals surface area contributed by atoms with Gasteiger partial charge in [0.25, 0.3) is 0 Å². The molecule has 49 heavy (non-hydrogen) atoms. The molecular weight excluding hydrogens is 673 g/mol. The molecule has 7 N–H and O–H groups in total. The van der Waals surface area contributed by atoms with Crippen molar-refractivity contribution in [1.82, 2.24) is 15.3 Å². The molecule has 0 saturated carbocycles. The van der Waals surface area contributed by atoms with Crippen molar-refractivity contribution >= 4 is 69.5 Å². The molecule has 18 heteroatoms. The smallest absolute Gasteiger partial charge is 0.328 e. The third-order valence-electron chi connectivity index (χ3n) is 5.69. The maximum absolute atomic E-state index is 13.5. The van der Waals surface area contributed by atoms with Crippen LogP contribution in [0.5, 0.6) is 5.75 Å². The fourth-order valence-corrected chi connectivity index (χ4v) is 3.80. The lowest BCUT2D eigenvalue weighted by molar-refractivity contribution is -0.134. The van der Waals surface area contributed by atoms with Crippen molar-refractivity contribution in [2.24, 2.45) is 0 Å². The van der Waals surface area contributed by atoms with Crippen molar-refractivity contribution in [1.29, 1.82) is 0 Å².